The van der Waals surface area contributed by atoms with Crippen LogP contribution in [0.1, 0.15) is 10.4 Å². The molecule has 3 aromatic carbocycles. The van der Waals surface area contributed by atoms with Gasteiger partial charge < -0.3 is 30.0 Å². The molecule has 2 aromatic heterocycles. The van der Waals surface area contributed by atoms with Gasteiger partial charge in [-0.1, -0.05) is 12.1 Å². The molecule has 0 atom stereocenters. The minimum Gasteiger partial charge on any atom is -0.497 e. The lowest BCUT2D eigenvalue weighted by molar-refractivity contribution is 0.102. The maximum Gasteiger partial charge on any atom is 0.261 e. The highest BCUT2D eigenvalue weighted by Crippen LogP contribution is 2.38. The van der Waals surface area contributed by atoms with Gasteiger partial charge in [0.05, 0.1) is 30.9 Å². The van der Waals surface area contributed by atoms with Crippen molar-refractivity contribution in [1.82, 2.24) is 14.5 Å². The normalized spacial score (nSPS) is 12.2. The van der Waals surface area contributed by atoms with Crippen molar-refractivity contribution in [2.45, 2.75) is 0 Å². The Morgan fingerprint density at radius 1 is 0.972 bits per heavy atom. The van der Waals surface area contributed by atoms with Gasteiger partial charge in [0.1, 0.15) is 28.4 Å². The van der Waals surface area contributed by atoms with Crippen LogP contribution in [0.15, 0.2) is 60.7 Å². The van der Waals surface area contributed by atoms with Crippen LogP contribution in [-0.2, 0) is 0 Å². The third-order valence-corrected chi connectivity index (χ3v) is 5.98. The number of rotatable bonds is 5. The lowest BCUT2D eigenvalue weighted by atomic mass is 10.2. The summed E-state index contributed by atoms with van der Waals surface area (Å²) < 4.78 is 23.4. The predicted octanol–water partition coefficient (Wildman–Crippen LogP) is 4.15. The molecule has 1 amide bonds. The van der Waals surface area contributed by atoms with Crippen LogP contribution in [0.3, 0.4) is 0 Å². The number of methoxy groups -OCH3 is 2. The average molecular weight is 483 g/mol. The van der Waals surface area contributed by atoms with E-state index < -0.39 is 5.91 Å². The number of carbonyl (C=O) groups excluding carboxylic acids is 1. The van der Waals surface area contributed by atoms with Crippen LogP contribution in [0.25, 0.3) is 27.9 Å². The summed E-state index contributed by atoms with van der Waals surface area (Å²) in [5.74, 6) is 2.01. The number of hydrogen-bond acceptors (Lipinski definition) is 8. The summed E-state index contributed by atoms with van der Waals surface area (Å²) in [5.41, 5.74) is 10.0. The molecule has 1 aliphatic rings. The molecule has 10 nitrogen and oxygen atoms in total. The minimum absolute atomic E-state index is 0.138. The average Bonchev–Trinajstić information content (AvgIpc) is 3.47. The number of anilines is 2. The Morgan fingerprint density at radius 2 is 1.75 bits per heavy atom. The first-order valence-electron chi connectivity index (χ1n) is 11.1. The number of ether oxygens (including phenoxy) is 4. The van der Waals surface area contributed by atoms with E-state index in [2.05, 4.69) is 5.32 Å². The maximum absolute atomic E-state index is 13.6. The molecule has 36 heavy (non-hydrogen) atoms. The van der Waals surface area contributed by atoms with Gasteiger partial charge >= 0.3 is 0 Å². The second kappa shape index (κ2) is 8.35. The molecule has 0 aliphatic carbocycles. The Bertz CT molecular complexity index is 1660. The summed E-state index contributed by atoms with van der Waals surface area (Å²) in [6.07, 6.45) is 0. The molecule has 10 heteroatoms. The van der Waals surface area contributed by atoms with Crippen LogP contribution in [0.4, 0.5) is 11.5 Å². The number of nitrogens with one attached hydrogen (secondary N) is 1. The first-order chi connectivity index (χ1) is 17.6. The predicted molar refractivity (Wildman–Crippen MR) is 134 cm³/mol. The molecule has 0 saturated carbocycles. The first-order valence-corrected chi connectivity index (χ1v) is 11.1. The van der Waals surface area contributed by atoms with Gasteiger partial charge in [0.2, 0.25) is 6.79 Å². The Hall–Kier alpha value is -4.99. The summed E-state index contributed by atoms with van der Waals surface area (Å²) in [6, 6.07) is 17.9. The van der Waals surface area contributed by atoms with Crippen molar-refractivity contribution >= 4 is 39.6 Å². The van der Waals surface area contributed by atoms with Crippen LogP contribution in [-0.4, -0.2) is 41.5 Å². The standard InChI is InChI=1S/C26H21N5O5/c1-33-15-8-9-18(20(12-15)34-2)31-24(27)22(23-25(31)30-17-6-4-3-5-16(17)29-23)26(32)28-14-7-10-19-21(11-14)36-13-35-19/h3-12H,13,27H2,1-2H3,(H,28,32). The number of nitrogens with two attached hydrogens (primary N) is 1. The molecule has 1 aliphatic heterocycles. The highest BCUT2D eigenvalue weighted by Gasteiger charge is 2.27. The Kier molecular flexibility index (Phi) is 4.99. The van der Waals surface area contributed by atoms with Gasteiger partial charge in [-0.2, -0.15) is 0 Å². The van der Waals surface area contributed by atoms with Gasteiger partial charge in [0.25, 0.3) is 5.91 Å². The largest absolute Gasteiger partial charge is 0.497 e. The number of carbonyl (C=O) groups is 1. The SMILES string of the molecule is COc1ccc(-n2c(N)c(C(=O)Nc3ccc4c(c3)OCO4)c3nc4ccccc4nc32)c(OC)c1. The summed E-state index contributed by atoms with van der Waals surface area (Å²) in [5, 5.41) is 2.89. The van der Waals surface area contributed by atoms with Crippen molar-refractivity contribution < 1.29 is 23.7 Å². The summed E-state index contributed by atoms with van der Waals surface area (Å²) in [6.45, 7) is 0.138. The number of aromatic nitrogens is 3. The van der Waals surface area contributed by atoms with Crippen molar-refractivity contribution in [3.63, 3.8) is 0 Å². The molecule has 3 N–H and O–H groups in total. The zero-order chi connectivity index (χ0) is 24.8. The number of para-hydroxylation sites is 2. The topological polar surface area (TPSA) is 123 Å². The van der Waals surface area contributed by atoms with Gasteiger partial charge in [-0.25, -0.2) is 9.97 Å². The van der Waals surface area contributed by atoms with Crippen LogP contribution in [0.2, 0.25) is 0 Å². The molecule has 0 saturated heterocycles. The quantitative estimate of drug-likeness (QED) is 0.382. The second-order valence-electron chi connectivity index (χ2n) is 8.04. The van der Waals surface area contributed by atoms with Gasteiger partial charge in [0, 0.05) is 17.8 Å². The van der Waals surface area contributed by atoms with Gasteiger partial charge in [0.15, 0.2) is 17.1 Å². The zero-order valence-electron chi connectivity index (χ0n) is 19.4. The van der Waals surface area contributed by atoms with E-state index in [9.17, 15) is 4.79 Å². The lowest BCUT2D eigenvalue weighted by Crippen LogP contribution is -2.14. The lowest BCUT2D eigenvalue weighted by Gasteiger charge is -2.14. The van der Waals surface area contributed by atoms with Crippen LogP contribution < -0.4 is 30.0 Å². The molecule has 0 spiro atoms. The van der Waals surface area contributed by atoms with E-state index >= 15 is 0 Å². The molecule has 0 radical (unpaired) electrons. The fraction of sp³-hybridized carbons (Fsp3) is 0.115. The van der Waals surface area contributed by atoms with Crippen LogP contribution in [0.5, 0.6) is 23.0 Å². The molecule has 6 rings (SSSR count). The Balaban J connectivity index is 1.55. The van der Waals surface area contributed by atoms with E-state index in [0.717, 1.165) is 0 Å². The third kappa shape index (κ3) is 3.38. The van der Waals surface area contributed by atoms with Crippen molar-refractivity contribution in [3.05, 3.63) is 66.2 Å². The number of amides is 1. The van der Waals surface area contributed by atoms with Crippen molar-refractivity contribution in [2.24, 2.45) is 0 Å². The van der Waals surface area contributed by atoms with Gasteiger partial charge in [-0.15, -0.1) is 0 Å². The van der Waals surface area contributed by atoms with E-state index in [4.69, 9.17) is 34.6 Å². The zero-order valence-corrected chi connectivity index (χ0v) is 19.4. The monoisotopic (exact) mass is 483 g/mol. The van der Waals surface area contributed by atoms with Gasteiger partial charge in [-0.3, -0.25) is 9.36 Å². The molecule has 0 bridgehead atoms. The molecule has 0 unspecified atom stereocenters. The fourth-order valence-electron chi connectivity index (χ4n) is 4.27. The number of fused-ring (bicyclic) bond motifs is 3. The third-order valence-electron chi connectivity index (χ3n) is 5.98. The minimum atomic E-state index is -0.438. The second-order valence-corrected chi connectivity index (χ2v) is 8.04. The van der Waals surface area contributed by atoms with Crippen molar-refractivity contribution in [1.29, 1.82) is 0 Å². The molecule has 0 fully saturated rings. The first kappa shape index (κ1) is 21.5. The molecular weight excluding hydrogens is 462 g/mol. The van der Waals surface area contributed by atoms with Crippen molar-refractivity contribution in [2.75, 3.05) is 32.1 Å². The highest BCUT2D eigenvalue weighted by atomic mass is 16.7. The Morgan fingerprint density at radius 3 is 2.53 bits per heavy atom. The van der Waals surface area contributed by atoms with E-state index in [1.54, 1.807) is 55.2 Å². The molecule has 180 valence electrons. The summed E-state index contributed by atoms with van der Waals surface area (Å²) in [7, 11) is 3.12. The summed E-state index contributed by atoms with van der Waals surface area (Å²) in [4.78, 5) is 23.2. The maximum atomic E-state index is 13.6. The number of nitrogen functional groups attached to an aromatic ring is 1. The number of nitrogens with zero attached hydrogens (tertiary/aromatic N) is 3. The van der Waals surface area contributed by atoms with E-state index in [0.29, 0.717) is 56.6 Å². The van der Waals surface area contributed by atoms with E-state index in [1.165, 1.54) is 0 Å². The smallest absolute Gasteiger partial charge is 0.261 e. The van der Waals surface area contributed by atoms with Crippen LogP contribution >= 0.6 is 0 Å². The fourth-order valence-corrected chi connectivity index (χ4v) is 4.27. The molecular formula is C26H21N5O5. The highest BCUT2D eigenvalue weighted by molar-refractivity contribution is 6.16. The molecule has 3 heterocycles. The Labute approximate surface area is 205 Å². The van der Waals surface area contributed by atoms with E-state index in [-0.39, 0.29) is 18.2 Å². The van der Waals surface area contributed by atoms with Gasteiger partial charge in [-0.05, 0) is 36.4 Å². The number of hydrogen-bond donors (Lipinski definition) is 2. The van der Waals surface area contributed by atoms with E-state index in [1.807, 2.05) is 24.3 Å². The molecule has 5 aromatic rings. The number of benzene rings is 3. The van der Waals surface area contributed by atoms with Crippen molar-refractivity contribution in [3.8, 4) is 28.7 Å². The van der Waals surface area contributed by atoms with Crippen LogP contribution in [0, 0.1) is 0 Å². The summed E-state index contributed by atoms with van der Waals surface area (Å²) >= 11 is 0.